The number of aromatic nitrogens is 1. The molecular formula is C24H29N3O4. The molecule has 1 aliphatic carbocycles. The number of hydrogen-bond donors (Lipinski definition) is 1. The standard InChI is InChI=1S/C24H29N3O4/c28-23(27-13-11-26(12-14-27)19-6-2-1-3-7-19)21-9-8-20(15-22(21)24(29)30)31-17-18-5-4-10-25-16-18/h1-7,10,16,20-22H,8-9,11-15,17H2,(H,29,30)/t20-,21+,22+/m1/s1. The van der Waals surface area contributed by atoms with Crippen molar-refractivity contribution in [3.8, 4) is 0 Å². The van der Waals surface area contributed by atoms with Gasteiger partial charge in [0.05, 0.1) is 24.5 Å². The number of hydrogen-bond acceptors (Lipinski definition) is 5. The van der Waals surface area contributed by atoms with Gasteiger partial charge in [0.1, 0.15) is 0 Å². The van der Waals surface area contributed by atoms with Gasteiger partial charge >= 0.3 is 5.97 Å². The summed E-state index contributed by atoms with van der Waals surface area (Å²) in [7, 11) is 0. The van der Waals surface area contributed by atoms with Gasteiger partial charge < -0.3 is 19.6 Å². The average molecular weight is 424 g/mol. The van der Waals surface area contributed by atoms with Gasteiger partial charge in [0.2, 0.25) is 5.91 Å². The molecule has 2 fully saturated rings. The first-order valence-corrected chi connectivity index (χ1v) is 10.9. The Bertz CT molecular complexity index is 869. The summed E-state index contributed by atoms with van der Waals surface area (Å²) in [5.41, 5.74) is 2.12. The van der Waals surface area contributed by atoms with Crippen molar-refractivity contribution in [1.29, 1.82) is 0 Å². The fourth-order valence-electron chi connectivity index (χ4n) is 4.61. The maximum atomic E-state index is 13.2. The first kappa shape index (κ1) is 21.3. The summed E-state index contributed by atoms with van der Waals surface area (Å²) in [6.07, 6.45) is 4.92. The highest BCUT2D eigenvalue weighted by atomic mass is 16.5. The molecule has 1 N–H and O–H groups in total. The number of carbonyl (C=O) groups is 2. The van der Waals surface area contributed by atoms with Gasteiger partial charge in [-0.1, -0.05) is 24.3 Å². The highest BCUT2D eigenvalue weighted by molar-refractivity contribution is 5.85. The zero-order chi connectivity index (χ0) is 21.6. The number of anilines is 1. The van der Waals surface area contributed by atoms with Gasteiger partial charge in [-0.2, -0.15) is 0 Å². The van der Waals surface area contributed by atoms with Crippen LogP contribution in [0.3, 0.4) is 0 Å². The lowest BCUT2D eigenvalue weighted by atomic mass is 9.77. The number of rotatable bonds is 6. The molecule has 0 unspecified atom stereocenters. The van der Waals surface area contributed by atoms with E-state index in [4.69, 9.17) is 4.74 Å². The number of piperazine rings is 1. The Morgan fingerprint density at radius 3 is 2.45 bits per heavy atom. The summed E-state index contributed by atoms with van der Waals surface area (Å²) in [5.74, 6) is -2.10. The van der Waals surface area contributed by atoms with Gasteiger partial charge in [0, 0.05) is 44.3 Å². The SMILES string of the molecule is O=C(O)[C@H]1C[C@H](OCc2cccnc2)CC[C@@H]1C(=O)N1CCN(c2ccccc2)CC1. The predicted molar refractivity (Wildman–Crippen MR) is 117 cm³/mol. The highest BCUT2D eigenvalue weighted by Gasteiger charge is 2.41. The van der Waals surface area contributed by atoms with E-state index in [0.29, 0.717) is 39.0 Å². The molecule has 1 aromatic heterocycles. The minimum atomic E-state index is -0.907. The maximum Gasteiger partial charge on any atom is 0.307 e. The third-order valence-corrected chi connectivity index (χ3v) is 6.36. The minimum Gasteiger partial charge on any atom is -0.481 e. The number of carboxylic acid groups (broad SMARTS) is 1. The van der Waals surface area contributed by atoms with Crippen LogP contribution in [0.15, 0.2) is 54.9 Å². The zero-order valence-corrected chi connectivity index (χ0v) is 17.6. The monoisotopic (exact) mass is 423 g/mol. The molecule has 0 bridgehead atoms. The fraction of sp³-hybridized carbons (Fsp3) is 0.458. The van der Waals surface area contributed by atoms with Gasteiger partial charge in [-0.15, -0.1) is 0 Å². The molecule has 3 atom stereocenters. The smallest absolute Gasteiger partial charge is 0.307 e. The van der Waals surface area contributed by atoms with Crippen LogP contribution in [0.4, 0.5) is 5.69 Å². The van der Waals surface area contributed by atoms with Crippen LogP contribution < -0.4 is 4.90 Å². The Hall–Kier alpha value is -2.93. The van der Waals surface area contributed by atoms with Gasteiger partial charge in [0.25, 0.3) is 0 Å². The number of para-hydroxylation sites is 1. The molecule has 1 aromatic carbocycles. The molecule has 31 heavy (non-hydrogen) atoms. The Labute approximate surface area is 182 Å². The molecule has 4 rings (SSSR count). The van der Waals surface area contributed by atoms with E-state index in [9.17, 15) is 14.7 Å². The average Bonchev–Trinajstić information content (AvgIpc) is 2.83. The van der Waals surface area contributed by atoms with E-state index in [1.807, 2.05) is 35.2 Å². The number of carboxylic acids is 1. The molecule has 2 aliphatic rings. The molecule has 7 nitrogen and oxygen atoms in total. The van der Waals surface area contributed by atoms with Crippen LogP contribution in [-0.2, 0) is 20.9 Å². The molecule has 0 radical (unpaired) electrons. The van der Waals surface area contributed by atoms with Gasteiger partial charge in [-0.05, 0) is 43.0 Å². The molecule has 2 heterocycles. The van der Waals surface area contributed by atoms with Crippen molar-refractivity contribution >= 4 is 17.6 Å². The van der Waals surface area contributed by atoms with Crippen LogP contribution in [0.1, 0.15) is 24.8 Å². The Morgan fingerprint density at radius 2 is 1.77 bits per heavy atom. The first-order valence-electron chi connectivity index (χ1n) is 10.9. The van der Waals surface area contributed by atoms with E-state index in [2.05, 4.69) is 22.0 Å². The quantitative estimate of drug-likeness (QED) is 0.769. The first-order chi connectivity index (χ1) is 15.1. The van der Waals surface area contributed by atoms with Crippen LogP contribution in [0.25, 0.3) is 0 Å². The molecule has 7 heteroatoms. The fourth-order valence-corrected chi connectivity index (χ4v) is 4.61. The number of aliphatic carboxylic acids is 1. The topological polar surface area (TPSA) is 83.0 Å². The van der Waals surface area contributed by atoms with E-state index >= 15 is 0 Å². The van der Waals surface area contributed by atoms with Gasteiger partial charge in [0.15, 0.2) is 0 Å². The number of pyridine rings is 1. The Morgan fingerprint density at radius 1 is 1.00 bits per heavy atom. The number of amides is 1. The van der Waals surface area contributed by atoms with Crippen LogP contribution in [0.2, 0.25) is 0 Å². The van der Waals surface area contributed by atoms with Crippen molar-refractivity contribution in [1.82, 2.24) is 9.88 Å². The summed E-state index contributed by atoms with van der Waals surface area (Å²) in [6.45, 7) is 3.17. The molecule has 0 spiro atoms. The predicted octanol–water partition coefficient (Wildman–Crippen LogP) is 2.82. The van der Waals surface area contributed by atoms with E-state index in [1.54, 1.807) is 12.4 Å². The minimum absolute atomic E-state index is 0.0224. The van der Waals surface area contributed by atoms with Crippen molar-refractivity contribution < 1.29 is 19.4 Å². The van der Waals surface area contributed by atoms with Gasteiger partial charge in [-0.3, -0.25) is 14.6 Å². The Balaban J connectivity index is 1.32. The summed E-state index contributed by atoms with van der Waals surface area (Å²) < 4.78 is 5.95. The largest absolute Gasteiger partial charge is 0.481 e. The van der Waals surface area contributed by atoms with Crippen molar-refractivity contribution in [2.24, 2.45) is 11.8 Å². The normalized spacial score (nSPS) is 24.1. The van der Waals surface area contributed by atoms with Crippen molar-refractivity contribution in [2.75, 3.05) is 31.1 Å². The highest BCUT2D eigenvalue weighted by Crippen LogP contribution is 2.34. The molecule has 2 aromatic rings. The van der Waals surface area contributed by atoms with Crippen molar-refractivity contribution in [3.05, 3.63) is 60.4 Å². The second-order valence-corrected chi connectivity index (χ2v) is 8.31. The molecule has 1 saturated carbocycles. The number of carbonyl (C=O) groups excluding carboxylic acids is 1. The lowest BCUT2D eigenvalue weighted by Gasteiger charge is -2.40. The van der Waals surface area contributed by atoms with Gasteiger partial charge in [-0.25, -0.2) is 0 Å². The number of benzene rings is 1. The third-order valence-electron chi connectivity index (χ3n) is 6.36. The molecule has 1 saturated heterocycles. The number of nitrogens with zero attached hydrogens (tertiary/aromatic N) is 3. The van der Waals surface area contributed by atoms with E-state index < -0.39 is 17.8 Å². The summed E-state index contributed by atoms with van der Waals surface area (Å²) >= 11 is 0. The van der Waals surface area contributed by atoms with E-state index in [1.165, 1.54) is 0 Å². The van der Waals surface area contributed by atoms with Crippen LogP contribution in [-0.4, -0.2) is 59.1 Å². The lowest BCUT2D eigenvalue weighted by molar-refractivity contribution is -0.156. The molecule has 1 aliphatic heterocycles. The maximum absolute atomic E-state index is 13.2. The Kier molecular flexibility index (Phi) is 6.82. The van der Waals surface area contributed by atoms with E-state index in [-0.39, 0.29) is 12.0 Å². The molecule has 1 amide bonds. The second kappa shape index (κ2) is 9.92. The van der Waals surface area contributed by atoms with Crippen molar-refractivity contribution in [2.45, 2.75) is 32.0 Å². The zero-order valence-electron chi connectivity index (χ0n) is 17.6. The summed E-state index contributed by atoms with van der Waals surface area (Å²) in [5, 5.41) is 9.81. The third kappa shape index (κ3) is 5.22. The molecular weight excluding hydrogens is 394 g/mol. The number of ether oxygens (including phenoxy) is 1. The second-order valence-electron chi connectivity index (χ2n) is 8.31. The molecule has 164 valence electrons. The summed E-state index contributed by atoms with van der Waals surface area (Å²) in [4.78, 5) is 33.3. The van der Waals surface area contributed by atoms with Crippen LogP contribution in [0.5, 0.6) is 0 Å². The van der Waals surface area contributed by atoms with Crippen LogP contribution >= 0.6 is 0 Å². The van der Waals surface area contributed by atoms with Crippen LogP contribution in [0, 0.1) is 11.8 Å². The summed E-state index contributed by atoms with van der Waals surface area (Å²) in [6, 6.07) is 14.0. The lowest BCUT2D eigenvalue weighted by Crippen LogP contribution is -2.52. The van der Waals surface area contributed by atoms with E-state index in [0.717, 1.165) is 24.3 Å². The van der Waals surface area contributed by atoms with Crippen molar-refractivity contribution in [3.63, 3.8) is 0 Å².